The minimum atomic E-state index is -1.09. The van der Waals surface area contributed by atoms with E-state index in [0.29, 0.717) is 12.5 Å². The number of aliphatic carboxylic acids is 1. The van der Waals surface area contributed by atoms with E-state index in [-0.39, 0.29) is 6.61 Å². The maximum atomic E-state index is 11.5. The zero-order valence-electron chi connectivity index (χ0n) is 11.5. The van der Waals surface area contributed by atoms with Crippen molar-refractivity contribution < 1.29 is 19.4 Å². The van der Waals surface area contributed by atoms with E-state index in [2.05, 4.69) is 10.6 Å². The van der Waals surface area contributed by atoms with Gasteiger partial charge in [0, 0.05) is 13.7 Å². The lowest BCUT2D eigenvalue weighted by Gasteiger charge is -2.21. The topological polar surface area (TPSA) is 87.7 Å². The van der Waals surface area contributed by atoms with Crippen molar-refractivity contribution >= 4 is 12.0 Å². The second kappa shape index (κ2) is 8.74. The van der Waals surface area contributed by atoms with Crippen LogP contribution in [0.4, 0.5) is 4.79 Å². The molecular formula is C13H24N2O4. The first-order valence-corrected chi connectivity index (χ1v) is 6.89. The van der Waals surface area contributed by atoms with Crippen LogP contribution < -0.4 is 10.6 Å². The molecule has 1 aliphatic carbocycles. The van der Waals surface area contributed by atoms with Crippen molar-refractivity contribution in [2.24, 2.45) is 5.92 Å². The predicted molar refractivity (Wildman–Crippen MR) is 71.0 cm³/mol. The van der Waals surface area contributed by atoms with E-state index in [1.165, 1.54) is 39.2 Å². The second-order valence-corrected chi connectivity index (χ2v) is 5.04. The first kappa shape index (κ1) is 15.8. The summed E-state index contributed by atoms with van der Waals surface area (Å²) in [7, 11) is 1.40. The van der Waals surface area contributed by atoms with Crippen molar-refractivity contribution in [1.82, 2.24) is 10.6 Å². The average molecular weight is 272 g/mol. The summed E-state index contributed by atoms with van der Waals surface area (Å²) in [6, 6.07) is -1.44. The van der Waals surface area contributed by atoms with Gasteiger partial charge in [-0.3, -0.25) is 0 Å². The molecule has 6 nitrogen and oxygen atoms in total. The molecule has 6 heteroatoms. The van der Waals surface area contributed by atoms with Crippen LogP contribution in [-0.2, 0) is 9.53 Å². The number of carbonyl (C=O) groups is 2. The number of carboxylic acid groups (broad SMARTS) is 1. The van der Waals surface area contributed by atoms with Gasteiger partial charge in [-0.15, -0.1) is 0 Å². The number of methoxy groups -OCH3 is 1. The fourth-order valence-electron chi connectivity index (χ4n) is 2.42. The van der Waals surface area contributed by atoms with Crippen molar-refractivity contribution in [3.8, 4) is 0 Å². The van der Waals surface area contributed by atoms with Crippen molar-refractivity contribution in [2.75, 3.05) is 20.3 Å². The van der Waals surface area contributed by atoms with Crippen LogP contribution in [0.2, 0.25) is 0 Å². The Morgan fingerprint density at radius 1 is 1.32 bits per heavy atom. The molecule has 0 aromatic heterocycles. The minimum Gasteiger partial charge on any atom is -0.480 e. The largest absolute Gasteiger partial charge is 0.480 e. The fraction of sp³-hybridized carbons (Fsp3) is 0.846. The standard InChI is InChI=1S/C13H24N2O4/c1-19-9-11(12(16)17)15-13(18)14-8-7-10-5-3-2-4-6-10/h10-11H,2-9H2,1H3,(H,16,17)(H2,14,15,18). The van der Waals surface area contributed by atoms with Crippen LogP contribution in [0.1, 0.15) is 38.5 Å². The molecule has 19 heavy (non-hydrogen) atoms. The maximum Gasteiger partial charge on any atom is 0.328 e. The predicted octanol–water partition coefficient (Wildman–Crippen LogP) is 1.36. The molecule has 1 atom stereocenters. The SMILES string of the molecule is COCC(NC(=O)NCCC1CCCCC1)C(=O)O. The molecule has 1 rings (SSSR count). The van der Waals surface area contributed by atoms with Crippen LogP contribution >= 0.6 is 0 Å². The van der Waals surface area contributed by atoms with Gasteiger partial charge < -0.3 is 20.5 Å². The van der Waals surface area contributed by atoms with E-state index in [1.54, 1.807) is 0 Å². The molecule has 0 heterocycles. The van der Waals surface area contributed by atoms with E-state index in [4.69, 9.17) is 9.84 Å². The van der Waals surface area contributed by atoms with E-state index < -0.39 is 18.0 Å². The Hall–Kier alpha value is -1.30. The van der Waals surface area contributed by atoms with Gasteiger partial charge in [0.15, 0.2) is 6.04 Å². The molecule has 0 saturated heterocycles. The van der Waals surface area contributed by atoms with Crippen LogP contribution in [0.3, 0.4) is 0 Å². The van der Waals surface area contributed by atoms with Crippen molar-refractivity contribution in [3.63, 3.8) is 0 Å². The zero-order chi connectivity index (χ0) is 14.1. The number of ether oxygens (including phenoxy) is 1. The Labute approximate surface area is 113 Å². The summed E-state index contributed by atoms with van der Waals surface area (Å²) in [5.74, 6) is -0.396. The van der Waals surface area contributed by atoms with Gasteiger partial charge in [-0.25, -0.2) is 9.59 Å². The number of hydrogen-bond donors (Lipinski definition) is 3. The quantitative estimate of drug-likeness (QED) is 0.653. The smallest absolute Gasteiger partial charge is 0.328 e. The Morgan fingerprint density at radius 2 is 2.00 bits per heavy atom. The molecule has 110 valence electrons. The van der Waals surface area contributed by atoms with Gasteiger partial charge in [-0.05, 0) is 12.3 Å². The van der Waals surface area contributed by atoms with Crippen LogP contribution in [0.15, 0.2) is 0 Å². The van der Waals surface area contributed by atoms with E-state index in [0.717, 1.165) is 6.42 Å². The Balaban J connectivity index is 2.17. The third-order valence-electron chi connectivity index (χ3n) is 3.50. The number of hydrogen-bond acceptors (Lipinski definition) is 3. The van der Waals surface area contributed by atoms with Gasteiger partial charge >= 0.3 is 12.0 Å². The summed E-state index contributed by atoms with van der Waals surface area (Å²) < 4.78 is 4.74. The lowest BCUT2D eigenvalue weighted by atomic mass is 9.87. The van der Waals surface area contributed by atoms with E-state index in [1.807, 2.05) is 0 Å². The summed E-state index contributed by atoms with van der Waals surface area (Å²) in [5, 5.41) is 13.9. The molecule has 3 N–H and O–H groups in total. The van der Waals surface area contributed by atoms with Crippen molar-refractivity contribution in [3.05, 3.63) is 0 Å². The highest BCUT2D eigenvalue weighted by atomic mass is 16.5. The first-order chi connectivity index (χ1) is 9.13. The number of amides is 2. The van der Waals surface area contributed by atoms with Gasteiger partial charge in [0.2, 0.25) is 0 Å². The van der Waals surface area contributed by atoms with Crippen LogP contribution in [-0.4, -0.2) is 43.4 Å². The van der Waals surface area contributed by atoms with Crippen molar-refractivity contribution in [1.29, 1.82) is 0 Å². The highest BCUT2D eigenvalue weighted by molar-refractivity contribution is 5.82. The number of carboxylic acids is 1. The monoisotopic (exact) mass is 272 g/mol. The van der Waals surface area contributed by atoms with Gasteiger partial charge in [0.25, 0.3) is 0 Å². The molecule has 1 unspecified atom stereocenters. The molecule has 2 amide bonds. The Kier molecular flexibility index (Phi) is 7.25. The van der Waals surface area contributed by atoms with Gasteiger partial charge in [-0.1, -0.05) is 32.1 Å². The van der Waals surface area contributed by atoms with E-state index in [9.17, 15) is 9.59 Å². The summed E-state index contributed by atoms with van der Waals surface area (Å²) in [5.41, 5.74) is 0. The van der Waals surface area contributed by atoms with Crippen LogP contribution in [0, 0.1) is 5.92 Å². The third kappa shape index (κ3) is 6.42. The van der Waals surface area contributed by atoms with Crippen LogP contribution in [0.25, 0.3) is 0 Å². The molecule has 0 aromatic rings. The summed E-state index contributed by atoms with van der Waals surface area (Å²) >= 11 is 0. The lowest BCUT2D eigenvalue weighted by molar-refractivity contribution is -0.140. The summed E-state index contributed by atoms with van der Waals surface area (Å²) in [4.78, 5) is 22.4. The molecule has 0 aliphatic heterocycles. The maximum absolute atomic E-state index is 11.5. The summed E-state index contributed by atoms with van der Waals surface area (Å²) in [6.45, 7) is 0.557. The second-order valence-electron chi connectivity index (χ2n) is 5.04. The highest BCUT2D eigenvalue weighted by Gasteiger charge is 2.19. The number of nitrogens with one attached hydrogen (secondary N) is 2. The normalized spacial score (nSPS) is 17.7. The van der Waals surface area contributed by atoms with Crippen LogP contribution in [0.5, 0.6) is 0 Å². The number of urea groups is 1. The highest BCUT2D eigenvalue weighted by Crippen LogP contribution is 2.25. The molecule has 1 aliphatic rings. The molecule has 0 aromatic carbocycles. The number of rotatable bonds is 7. The molecule has 0 radical (unpaired) electrons. The Bertz CT molecular complexity index is 290. The minimum absolute atomic E-state index is 0.0363. The van der Waals surface area contributed by atoms with Crippen molar-refractivity contribution in [2.45, 2.75) is 44.6 Å². The number of carbonyl (C=O) groups excluding carboxylic acids is 1. The van der Waals surface area contributed by atoms with E-state index >= 15 is 0 Å². The molecule has 0 bridgehead atoms. The fourth-order valence-corrected chi connectivity index (χ4v) is 2.42. The zero-order valence-corrected chi connectivity index (χ0v) is 11.5. The summed E-state index contributed by atoms with van der Waals surface area (Å²) in [6.07, 6.45) is 7.34. The third-order valence-corrected chi connectivity index (χ3v) is 3.50. The first-order valence-electron chi connectivity index (χ1n) is 6.89. The lowest BCUT2D eigenvalue weighted by Crippen LogP contribution is -2.48. The molecular weight excluding hydrogens is 248 g/mol. The Morgan fingerprint density at radius 3 is 2.58 bits per heavy atom. The van der Waals surface area contributed by atoms with Gasteiger partial charge in [0.1, 0.15) is 0 Å². The van der Waals surface area contributed by atoms with Gasteiger partial charge in [0.05, 0.1) is 6.61 Å². The molecule has 0 spiro atoms. The molecule has 1 saturated carbocycles. The average Bonchev–Trinajstić information content (AvgIpc) is 2.39. The molecule has 1 fully saturated rings. The van der Waals surface area contributed by atoms with Gasteiger partial charge in [-0.2, -0.15) is 0 Å².